The number of fused-ring (bicyclic) bond motifs is 1. The van der Waals surface area contributed by atoms with Crippen LogP contribution in [0, 0.1) is 0 Å². The van der Waals surface area contributed by atoms with Crippen molar-refractivity contribution < 1.29 is 23.9 Å². The van der Waals surface area contributed by atoms with Crippen molar-refractivity contribution in [2.24, 2.45) is 0 Å². The summed E-state index contributed by atoms with van der Waals surface area (Å²) in [6, 6.07) is 11.3. The number of rotatable bonds is 7. The summed E-state index contributed by atoms with van der Waals surface area (Å²) in [6.07, 6.45) is 0. The van der Waals surface area contributed by atoms with Crippen LogP contribution in [0.4, 0.5) is 0 Å². The van der Waals surface area contributed by atoms with Gasteiger partial charge in [-0.25, -0.2) is 0 Å². The molecular weight excluding hydrogens is 386 g/mol. The molecule has 1 aliphatic rings. The lowest BCUT2D eigenvalue weighted by Crippen LogP contribution is -2.40. The second-order valence-corrected chi connectivity index (χ2v) is 6.30. The van der Waals surface area contributed by atoms with E-state index in [1.165, 1.54) is 0 Å². The highest BCUT2D eigenvalue weighted by atomic mass is 35.5. The first-order chi connectivity index (χ1) is 13.5. The Bertz CT molecular complexity index is 886. The molecule has 0 atom stereocenters. The number of benzene rings is 2. The van der Waals surface area contributed by atoms with E-state index in [2.05, 4.69) is 16.0 Å². The van der Waals surface area contributed by atoms with E-state index in [0.717, 1.165) is 0 Å². The van der Waals surface area contributed by atoms with Gasteiger partial charge in [-0.3, -0.25) is 14.4 Å². The summed E-state index contributed by atoms with van der Waals surface area (Å²) < 4.78 is 10.4. The van der Waals surface area contributed by atoms with Crippen LogP contribution in [0.5, 0.6) is 11.5 Å². The van der Waals surface area contributed by atoms with E-state index in [4.69, 9.17) is 21.1 Å². The zero-order chi connectivity index (χ0) is 19.9. The molecule has 0 aromatic heterocycles. The molecule has 0 spiro atoms. The molecule has 8 nitrogen and oxygen atoms in total. The van der Waals surface area contributed by atoms with Crippen molar-refractivity contribution >= 4 is 29.3 Å². The molecule has 146 valence electrons. The largest absolute Gasteiger partial charge is 0.454 e. The van der Waals surface area contributed by atoms with Gasteiger partial charge in [0.25, 0.3) is 11.8 Å². The predicted octanol–water partition coefficient (Wildman–Crippen LogP) is 1.34. The summed E-state index contributed by atoms with van der Waals surface area (Å²) in [5, 5.41) is 8.36. The van der Waals surface area contributed by atoms with Gasteiger partial charge < -0.3 is 25.4 Å². The monoisotopic (exact) mass is 403 g/mol. The summed E-state index contributed by atoms with van der Waals surface area (Å²) in [6.45, 7) is 0.428. The van der Waals surface area contributed by atoms with E-state index in [1.807, 2.05) is 0 Å². The van der Waals surface area contributed by atoms with Crippen molar-refractivity contribution in [1.29, 1.82) is 0 Å². The van der Waals surface area contributed by atoms with Gasteiger partial charge in [-0.15, -0.1) is 0 Å². The summed E-state index contributed by atoms with van der Waals surface area (Å²) in [4.78, 5) is 35.8. The Morgan fingerprint density at radius 3 is 2.25 bits per heavy atom. The summed E-state index contributed by atoms with van der Waals surface area (Å²) in [7, 11) is 0. The second-order valence-electron chi connectivity index (χ2n) is 5.86. The minimum atomic E-state index is -0.399. The number of hydrogen-bond donors (Lipinski definition) is 3. The highest BCUT2D eigenvalue weighted by Gasteiger charge is 2.16. The molecule has 9 heteroatoms. The molecule has 2 aromatic carbocycles. The first kappa shape index (κ1) is 19.5. The molecule has 3 N–H and O–H groups in total. The van der Waals surface area contributed by atoms with Gasteiger partial charge in [-0.05, 0) is 42.5 Å². The molecule has 0 radical (unpaired) electrons. The van der Waals surface area contributed by atoms with Crippen LogP contribution in [0.15, 0.2) is 42.5 Å². The highest BCUT2D eigenvalue weighted by molar-refractivity contribution is 6.30. The lowest BCUT2D eigenvalue weighted by atomic mass is 10.2. The Labute approximate surface area is 166 Å². The molecule has 1 heterocycles. The molecule has 0 aliphatic carbocycles. The van der Waals surface area contributed by atoms with E-state index < -0.39 is 5.91 Å². The maximum absolute atomic E-state index is 12.1. The Balaban J connectivity index is 1.35. The minimum Gasteiger partial charge on any atom is -0.454 e. The van der Waals surface area contributed by atoms with Crippen molar-refractivity contribution in [1.82, 2.24) is 16.0 Å². The van der Waals surface area contributed by atoms with Gasteiger partial charge >= 0.3 is 0 Å². The van der Waals surface area contributed by atoms with Crippen molar-refractivity contribution in [3.8, 4) is 11.5 Å². The molecule has 0 unspecified atom stereocenters. The maximum Gasteiger partial charge on any atom is 0.251 e. The maximum atomic E-state index is 12.1. The number of amides is 3. The van der Waals surface area contributed by atoms with Crippen LogP contribution < -0.4 is 25.4 Å². The second kappa shape index (κ2) is 9.09. The Hall–Kier alpha value is -3.26. The number of ether oxygens (including phenoxy) is 2. The Morgan fingerprint density at radius 2 is 1.46 bits per heavy atom. The van der Waals surface area contributed by atoms with E-state index in [1.54, 1.807) is 42.5 Å². The molecule has 1 aliphatic heterocycles. The quantitative estimate of drug-likeness (QED) is 0.605. The normalized spacial score (nSPS) is 11.6. The number of carbonyl (C=O) groups is 3. The van der Waals surface area contributed by atoms with E-state index in [-0.39, 0.29) is 38.2 Å². The SMILES string of the molecule is O=C(CNC(=O)c1ccc2c(c1)OCO2)NCCNC(=O)c1ccc(Cl)cc1. The van der Waals surface area contributed by atoms with E-state index >= 15 is 0 Å². The van der Waals surface area contributed by atoms with Crippen molar-refractivity contribution in [3.63, 3.8) is 0 Å². The van der Waals surface area contributed by atoms with Gasteiger partial charge in [-0.2, -0.15) is 0 Å². The van der Waals surface area contributed by atoms with Crippen LogP contribution in [-0.2, 0) is 4.79 Å². The molecule has 0 bridgehead atoms. The van der Waals surface area contributed by atoms with Crippen molar-refractivity contribution in [3.05, 3.63) is 58.6 Å². The van der Waals surface area contributed by atoms with Gasteiger partial charge in [-0.1, -0.05) is 11.6 Å². The van der Waals surface area contributed by atoms with E-state index in [9.17, 15) is 14.4 Å². The van der Waals surface area contributed by atoms with Crippen molar-refractivity contribution in [2.45, 2.75) is 0 Å². The Kier molecular flexibility index (Phi) is 6.33. The summed E-state index contributed by atoms with van der Waals surface area (Å²) >= 11 is 5.77. The standard InChI is InChI=1S/C19H18ClN3O5/c20-14-4-1-12(2-5-14)18(25)22-8-7-21-17(24)10-23-19(26)13-3-6-15-16(9-13)28-11-27-15/h1-6,9H,7-8,10-11H2,(H,21,24)(H,22,25)(H,23,26). The molecule has 3 amide bonds. The van der Waals surface area contributed by atoms with Crippen LogP contribution in [0.25, 0.3) is 0 Å². The van der Waals surface area contributed by atoms with Crippen LogP contribution in [-0.4, -0.2) is 44.1 Å². The van der Waals surface area contributed by atoms with Gasteiger partial charge in [0.2, 0.25) is 12.7 Å². The van der Waals surface area contributed by atoms with Gasteiger partial charge in [0.1, 0.15) is 0 Å². The van der Waals surface area contributed by atoms with Crippen LogP contribution in [0.3, 0.4) is 0 Å². The number of carbonyl (C=O) groups excluding carboxylic acids is 3. The topological polar surface area (TPSA) is 106 Å². The third-order valence-electron chi connectivity index (χ3n) is 3.88. The number of halogens is 1. The molecule has 0 fully saturated rings. The fraction of sp³-hybridized carbons (Fsp3) is 0.211. The molecule has 28 heavy (non-hydrogen) atoms. The first-order valence-corrected chi connectivity index (χ1v) is 8.89. The molecule has 2 aromatic rings. The van der Waals surface area contributed by atoms with E-state index in [0.29, 0.717) is 27.6 Å². The fourth-order valence-corrected chi connectivity index (χ4v) is 2.57. The van der Waals surface area contributed by atoms with Crippen LogP contribution in [0.1, 0.15) is 20.7 Å². The zero-order valence-corrected chi connectivity index (χ0v) is 15.5. The molecular formula is C19H18ClN3O5. The summed E-state index contributed by atoms with van der Waals surface area (Å²) in [5.74, 6) is 0.0461. The average molecular weight is 404 g/mol. The van der Waals surface area contributed by atoms with Gasteiger partial charge in [0.15, 0.2) is 11.5 Å². The van der Waals surface area contributed by atoms with Crippen LogP contribution in [0.2, 0.25) is 5.02 Å². The predicted molar refractivity (Wildman–Crippen MR) is 102 cm³/mol. The lowest BCUT2D eigenvalue weighted by molar-refractivity contribution is -0.120. The lowest BCUT2D eigenvalue weighted by Gasteiger charge is -2.09. The number of hydrogen-bond acceptors (Lipinski definition) is 5. The van der Waals surface area contributed by atoms with Gasteiger partial charge in [0.05, 0.1) is 6.54 Å². The Morgan fingerprint density at radius 1 is 0.821 bits per heavy atom. The molecule has 0 saturated carbocycles. The molecule has 0 saturated heterocycles. The minimum absolute atomic E-state index is 0.122. The fourth-order valence-electron chi connectivity index (χ4n) is 2.44. The zero-order valence-electron chi connectivity index (χ0n) is 14.8. The average Bonchev–Trinajstić information content (AvgIpc) is 3.17. The van der Waals surface area contributed by atoms with Gasteiger partial charge in [0, 0.05) is 29.2 Å². The molecule has 3 rings (SSSR count). The third kappa shape index (κ3) is 5.14. The summed E-state index contributed by atoms with van der Waals surface area (Å²) in [5.41, 5.74) is 0.846. The smallest absolute Gasteiger partial charge is 0.251 e. The number of nitrogens with one attached hydrogen (secondary N) is 3. The first-order valence-electron chi connectivity index (χ1n) is 8.51. The highest BCUT2D eigenvalue weighted by Crippen LogP contribution is 2.32. The van der Waals surface area contributed by atoms with Crippen LogP contribution >= 0.6 is 11.6 Å². The third-order valence-corrected chi connectivity index (χ3v) is 4.14. The van der Waals surface area contributed by atoms with Crippen molar-refractivity contribution in [2.75, 3.05) is 26.4 Å².